The second kappa shape index (κ2) is 11.3. The molecular formula is C28H36N4O4S2. The number of benzene rings is 2. The van der Waals surface area contributed by atoms with Gasteiger partial charge in [-0.1, -0.05) is 18.2 Å². The largest absolute Gasteiger partial charge is 0.489 e. The van der Waals surface area contributed by atoms with Crippen LogP contribution in [0.3, 0.4) is 0 Å². The number of fused-ring (bicyclic) bond motifs is 1. The number of β-amino-alcohol motifs (C(OH)–C–C–N with tert-alkyl or cyclic N) is 1. The predicted molar refractivity (Wildman–Crippen MR) is 153 cm³/mol. The smallest absolute Gasteiger partial charge is 0.213 e. The Labute approximate surface area is 229 Å². The number of rotatable bonds is 10. The van der Waals surface area contributed by atoms with E-state index >= 15 is 0 Å². The van der Waals surface area contributed by atoms with Gasteiger partial charge in [0, 0.05) is 44.5 Å². The lowest BCUT2D eigenvalue weighted by Gasteiger charge is -2.18. The van der Waals surface area contributed by atoms with Crippen LogP contribution in [0.25, 0.3) is 21.0 Å². The van der Waals surface area contributed by atoms with Gasteiger partial charge < -0.3 is 15.2 Å². The summed E-state index contributed by atoms with van der Waals surface area (Å²) in [5.74, 6) is 0.856. The van der Waals surface area contributed by atoms with E-state index in [1.165, 1.54) is 5.56 Å². The van der Waals surface area contributed by atoms with E-state index in [1.807, 2.05) is 56.3 Å². The minimum absolute atomic E-state index is 0.0407. The van der Waals surface area contributed by atoms with Gasteiger partial charge in [0.1, 0.15) is 10.8 Å². The number of anilines is 1. The maximum absolute atomic E-state index is 12.9. The number of aliphatic hydroxyl groups is 1. The van der Waals surface area contributed by atoms with E-state index in [0.717, 1.165) is 57.4 Å². The molecule has 5 rings (SSSR count). The molecule has 1 saturated heterocycles. The van der Waals surface area contributed by atoms with E-state index in [2.05, 4.69) is 22.2 Å². The minimum Gasteiger partial charge on any atom is -0.489 e. The van der Waals surface area contributed by atoms with Crippen LogP contribution in [0.1, 0.15) is 43.9 Å². The maximum Gasteiger partial charge on any atom is 0.213 e. The molecule has 0 saturated carbocycles. The van der Waals surface area contributed by atoms with Gasteiger partial charge in [-0.3, -0.25) is 4.90 Å². The van der Waals surface area contributed by atoms with Crippen molar-refractivity contribution in [3.8, 4) is 26.8 Å². The third kappa shape index (κ3) is 6.05. The van der Waals surface area contributed by atoms with Gasteiger partial charge >= 0.3 is 0 Å². The molecule has 10 heteroatoms. The molecule has 8 nitrogen and oxygen atoms in total. The first-order valence-electron chi connectivity index (χ1n) is 13.2. The van der Waals surface area contributed by atoms with Gasteiger partial charge in [0.05, 0.1) is 28.5 Å². The van der Waals surface area contributed by atoms with Crippen LogP contribution in [0.2, 0.25) is 0 Å². The Hall–Kier alpha value is -2.50. The number of hydrogen-bond acceptors (Lipinski definition) is 8. The van der Waals surface area contributed by atoms with Crippen molar-refractivity contribution in [2.75, 3.05) is 37.8 Å². The molecule has 2 aromatic carbocycles. The predicted octanol–water partition coefficient (Wildman–Crippen LogP) is 4.28. The Balaban J connectivity index is 1.32. The van der Waals surface area contributed by atoms with Crippen LogP contribution in [0.15, 0.2) is 42.6 Å². The van der Waals surface area contributed by atoms with Gasteiger partial charge in [-0.15, -0.1) is 11.3 Å². The third-order valence-electron chi connectivity index (χ3n) is 7.15. The van der Waals surface area contributed by atoms with Gasteiger partial charge in [0.15, 0.2) is 0 Å². The fourth-order valence-electron chi connectivity index (χ4n) is 5.30. The van der Waals surface area contributed by atoms with Gasteiger partial charge in [-0.2, -0.15) is 0 Å². The number of nitrogens with zero attached hydrogens (tertiary/aromatic N) is 2. The summed E-state index contributed by atoms with van der Waals surface area (Å²) in [5.41, 5.74) is 5.29. The molecule has 1 fully saturated rings. The van der Waals surface area contributed by atoms with Crippen LogP contribution in [-0.2, 0) is 16.4 Å². The number of likely N-dealkylation sites (tertiary alicyclic amines) is 1. The lowest BCUT2D eigenvalue weighted by Crippen LogP contribution is -2.35. The number of ether oxygens (including phenoxy) is 1. The Morgan fingerprint density at radius 2 is 2.08 bits per heavy atom. The van der Waals surface area contributed by atoms with E-state index in [4.69, 9.17) is 9.72 Å². The monoisotopic (exact) mass is 556 g/mol. The van der Waals surface area contributed by atoms with Crippen molar-refractivity contribution in [1.82, 2.24) is 14.6 Å². The van der Waals surface area contributed by atoms with Crippen molar-refractivity contribution in [2.45, 2.75) is 51.4 Å². The van der Waals surface area contributed by atoms with Crippen LogP contribution in [-0.4, -0.2) is 68.1 Å². The molecule has 204 valence electrons. The molecule has 0 bridgehead atoms. The number of thiazole rings is 1. The second-order valence-corrected chi connectivity index (χ2v) is 13.2. The van der Waals surface area contributed by atoms with Gasteiger partial charge in [-0.05, 0) is 68.0 Å². The second-order valence-electron chi connectivity index (χ2n) is 10.3. The molecule has 2 aliphatic rings. The lowest BCUT2D eigenvalue weighted by atomic mass is 10.0. The summed E-state index contributed by atoms with van der Waals surface area (Å²) >= 11 is 1.64. The molecule has 0 spiro atoms. The Kier molecular flexibility index (Phi) is 8.06. The van der Waals surface area contributed by atoms with Crippen molar-refractivity contribution in [3.63, 3.8) is 0 Å². The zero-order chi connectivity index (χ0) is 26.9. The van der Waals surface area contributed by atoms with Crippen LogP contribution < -0.4 is 14.8 Å². The summed E-state index contributed by atoms with van der Waals surface area (Å²) in [6.07, 6.45) is 3.92. The normalized spacial score (nSPS) is 19.7. The molecule has 0 radical (unpaired) electrons. The molecule has 3 aromatic rings. The highest BCUT2D eigenvalue weighted by Crippen LogP contribution is 2.42. The fourth-order valence-corrected chi connectivity index (χ4v) is 7.55. The van der Waals surface area contributed by atoms with Crippen molar-refractivity contribution in [3.05, 3.63) is 53.7 Å². The van der Waals surface area contributed by atoms with Crippen LogP contribution in [0.5, 0.6) is 5.75 Å². The number of sulfonamides is 1. The number of hydrogen-bond donors (Lipinski definition) is 3. The van der Waals surface area contributed by atoms with Gasteiger partial charge in [-0.25, -0.2) is 18.1 Å². The number of aliphatic hydroxyl groups excluding tert-OH is 1. The molecule has 1 aliphatic heterocycles. The summed E-state index contributed by atoms with van der Waals surface area (Å²) in [7, 11) is -1.56. The van der Waals surface area contributed by atoms with Crippen molar-refractivity contribution >= 4 is 27.0 Å². The summed E-state index contributed by atoms with van der Waals surface area (Å²) in [5, 5.41) is 13.8. The molecule has 0 amide bonds. The van der Waals surface area contributed by atoms with Crippen molar-refractivity contribution < 1.29 is 18.3 Å². The lowest BCUT2D eigenvalue weighted by molar-refractivity contribution is 0.178. The quantitative estimate of drug-likeness (QED) is 0.343. The summed E-state index contributed by atoms with van der Waals surface area (Å²) in [6.45, 7) is 5.75. The van der Waals surface area contributed by atoms with E-state index in [-0.39, 0.29) is 24.0 Å². The summed E-state index contributed by atoms with van der Waals surface area (Å²) < 4.78 is 34.6. The van der Waals surface area contributed by atoms with E-state index < -0.39 is 10.0 Å². The number of aromatic nitrogens is 1. The average molecular weight is 557 g/mol. The SMILES string of the molecule is CNc1cc(-c2ncc(-c3cccc4c3CCC4NS(=O)(=O)CCN3CCC(O)C3)s2)ccc1OC(C)C. The zero-order valence-electron chi connectivity index (χ0n) is 22.1. The molecule has 2 unspecified atom stereocenters. The van der Waals surface area contributed by atoms with Gasteiger partial charge in [0.2, 0.25) is 10.0 Å². The third-order valence-corrected chi connectivity index (χ3v) is 9.59. The van der Waals surface area contributed by atoms with Crippen LogP contribution in [0, 0.1) is 0 Å². The molecule has 1 aliphatic carbocycles. The summed E-state index contributed by atoms with van der Waals surface area (Å²) in [4.78, 5) is 7.80. The average Bonchev–Trinajstić information content (AvgIpc) is 3.63. The Morgan fingerprint density at radius 1 is 1.24 bits per heavy atom. The fraction of sp³-hybridized carbons (Fsp3) is 0.464. The molecule has 3 N–H and O–H groups in total. The Bertz CT molecular complexity index is 1390. The minimum atomic E-state index is -3.44. The highest BCUT2D eigenvalue weighted by atomic mass is 32.2. The molecular weight excluding hydrogens is 520 g/mol. The first kappa shape index (κ1) is 27.1. The topological polar surface area (TPSA) is 104 Å². The van der Waals surface area contributed by atoms with E-state index in [1.54, 1.807) is 11.3 Å². The highest BCUT2D eigenvalue weighted by Gasteiger charge is 2.30. The standard InChI is InChI=1S/C28H36N4O4S2/c1-18(2)36-26-10-7-19(15-25(26)29-3)28-30-16-27(37-28)23-6-4-5-22-21(23)8-9-24(22)31-38(34,35)14-13-32-12-11-20(33)17-32/h4-7,10,15-16,18,20,24,29,31,33H,8-9,11-14,17H2,1-3H3. The van der Waals surface area contributed by atoms with Gasteiger partial charge in [0.25, 0.3) is 0 Å². The first-order chi connectivity index (χ1) is 18.2. The van der Waals surface area contributed by atoms with E-state index in [0.29, 0.717) is 19.5 Å². The molecule has 38 heavy (non-hydrogen) atoms. The molecule has 1 aromatic heterocycles. The first-order valence-corrected chi connectivity index (χ1v) is 15.7. The molecule has 2 atom stereocenters. The van der Waals surface area contributed by atoms with Crippen LogP contribution in [0.4, 0.5) is 5.69 Å². The summed E-state index contributed by atoms with van der Waals surface area (Å²) in [6, 6.07) is 12.0. The molecule has 2 heterocycles. The highest BCUT2D eigenvalue weighted by molar-refractivity contribution is 7.89. The van der Waals surface area contributed by atoms with Crippen molar-refractivity contribution in [1.29, 1.82) is 0 Å². The van der Waals surface area contributed by atoms with Crippen molar-refractivity contribution in [2.24, 2.45) is 0 Å². The van der Waals surface area contributed by atoms with Crippen LogP contribution >= 0.6 is 11.3 Å². The van der Waals surface area contributed by atoms with E-state index in [9.17, 15) is 13.5 Å². The number of nitrogens with one attached hydrogen (secondary N) is 2. The zero-order valence-corrected chi connectivity index (χ0v) is 23.7. The Morgan fingerprint density at radius 3 is 2.82 bits per heavy atom. The maximum atomic E-state index is 12.9.